The first-order chi connectivity index (χ1) is 8.49. The van der Waals surface area contributed by atoms with Gasteiger partial charge in [-0.25, -0.2) is 0 Å². The molecule has 2 rings (SSSR count). The summed E-state index contributed by atoms with van der Waals surface area (Å²) in [7, 11) is 0. The number of rotatable bonds is 3. The number of anilines is 1. The molecule has 1 aliphatic heterocycles. The second-order valence-corrected chi connectivity index (χ2v) is 5.32. The second-order valence-electron chi connectivity index (χ2n) is 4.88. The summed E-state index contributed by atoms with van der Waals surface area (Å²) < 4.78 is 0. The zero-order valence-electron chi connectivity index (χ0n) is 10.8. The van der Waals surface area contributed by atoms with Crippen molar-refractivity contribution < 1.29 is 4.79 Å². The minimum atomic E-state index is -0.447. The number of benzene rings is 1. The molecule has 2 unspecified atom stereocenters. The zero-order valence-corrected chi connectivity index (χ0v) is 12.4. The van der Waals surface area contributed by atoms with Crippen LogP contribution in [0.1, 0.15) is 23.7 Å². The largest absolute Gasteiger partial charge is 0.371 e. The quantitative estimate of drug-likeness (QED) is 0.897. The van der Waals surface area contributed by atoms with E-state index in [4.69, 9.17) is 23.1 Å². The maximum Gasteiger partial charge on any atom is 0.250 e. The molecular formula is C13H19Cl2N3O. The molecule has 1 saturated heterocycles. The van der Waals surface area contributed by atoms with Gasteiger partial charge in [0, 0.05) is 29.8 Å². The van der Waals surface area contributed by atoms with Crippen LogP contribution in [0.5, 0.6) is 0 Å². The molecule has 106 valence electrons. The van der Waals surface area contributed by atoms with Crippen molar-refractivity contribution in [3.63, 3.8) is 0 Å². The van der Waals surface area contributed by atoms with Crippen LogP contribution >= 0.6 is 24.0 Å². The average Bonchev–Trinajstić information content (AvgIpc) is 2.78. The van der Waals surface area contributed by atoms with Crippen LogP contribution in [0.4, 0.5) is 5.69 Å². The third kappa shape index (κ3) is 3.53. The van der Waals surface area contributed by atoms with Crippen LogP contribution in [-0.4, -0.2) is 25.0 Å². The summed E-state index contributed by atoms with van der Waals surface area (Å²) in [5.74, 6) is 0.0122. The molecule has 0 saturated carbocycles. The van der Waals surface area contributed by atoms with Crippen molar-refractivity contribution in [2.24, 2.45) is 17.4 Å². The smallest absolute Gasteiger partial charge is 0.250 e. The lowest BCUT2D eigenvalue weighted by Gasteiger charge is -2.22. The van der Waals surface area contributed by atoms with Crippen molar-refractivity contribution in [2.75, 3.05) is 18.0 Å². The molecule has 2 atom stereocenters. The first kappa shape index (κ1) is 16.1. The van der Waals surface area contributed by atoms with Crippen LogP contribution in [0, 0.1) is 5.92 Å². The lowest BCUT2D eigenvalue weighted by Crippen LogP contribution is -2.30. The number of carbonyl (C=O) groups is 1. The van der Waals surface area contributed by atoms with Crippen LogP contribution in [0.3, 0.4) is 0 Å². The highest BCUT2D eigenvalue weighted by Gasteiger charge is 2.27. The van der Waals surface area contributed by atoms with Gasteiger partial charge in [0.15, 0.2) is 0 Å². The van der Waals surface area contributed by atoms with Gasteiger partial charge in [-0.3, -0.25) is 4.79 Å². The number of hydrogen-bond acceptors (Lipinski definition) is 3. The molecule has 0 aromatic heterocycles. The van der Waals surface area contributed by atoms with E-state index in [9.17, 15) is 4.79 Å². The number of halogens is 2. The topological polar surface area (TPSA) is 72.3 Å². The van der Waals surface area contributed by atoms with E-state index in [1.54, 1.807) is 12.1 Å². The van der Waals surface area contributed by atoms with Gasteiger partial charge in [0.25, 0.3) is 5.91 Å². The number of amides is 1. The van der Waals surface area contributed by atoms with Gasteiger partial charge >= 0.3 is 0 Å². The predicted molar refractivity (Wildman–Crippen MR) is 81.2 cm³/mol. The van der Waals surface area contributed by atoms with E-state index in [0.717, 1.165) is 25.2 Å². The summed E-state index contributed by atoms with van der Waals surface area (Å²) in [6, 6.07) is 5.42. The number of nitrogens with zero attached hydrogens (tertiary/aromatic N) is 1. The Morgan fingerprint density at radius 2 is 2.21 bits per heavy atom. The van der Waals surface area contributed by atoms with Crippen molar-refractivity contribution in [1.29, 1.82) is 0 Å². The number of carbonyl (C=O) groups excluding carboxylic acids is 1. The van der Waals surface area contributed by atoms with Gasteiger partial charge < -0.3 is 16.4 Å². The molecule has 1 amide bonds. The first-order valence-corrected chi connectivity index (χ1v) is 6.46. The van der Waals surface area contributed by atoms with Gasteiger partial charge in [0.2, 0.25) is 0 Å². The van der Waals surface area contributed by atoms with Crippen LogP contribution < -0.4 is 16.4 Å². The molecule has 1 fully saturated rings. The van der Waals surface area contributed by atoms with Gasteiger partial charge in [0.1, 0.15) is 0 Å². The maximum absolute atomic E-state index is 11.5. The fourth-order valence-corrected chi connectivity index (χ4v) is 2.59. The summed E-state index contributed by atoms with van der Waals surface area (Å²) in [5, 5.41) is 0.524. The van der Waals surface area contributed by atoms with E-state index < -0.39 is 5.91 Å². The fourth-order valence-electron chi connectivity index (χ4n) is 2.42. The summed E-state index contributed by atoms with van der Waals surface area (Å²) in [5.41, 5.74) is 12.7. The van der Waals surface area contributed by atoms with E-state index in [0.29, 0.717) is 16.5 Å². The molecule has 1 heterocycles. The third-order valence-corrected chi connectivity index (χ3v) is 3.77. The SMILES string of the molecule is CC(N)C1CCN(c2ccc(Cl)cc2C(N)=O)C1.Cl. The van der Waals surface area contributed by atoms with E-state index in [1.807, 2.05) is 13.0 Å². The Hall–Kier alpha value is -0.970. The zero-order chi connectivity index (χ0) is 13.3. The van der Waals surface area contributed by atoms with Crippen molar-refractivity contribution >= 4 is 35.6 Å². The van der Waals surface area contributed by atoms with Crippen molar-refractivity contribution in [3.8, 4) is 0 Å². The Balaban J connectivity index is 0.00000180. The number of primary amides is 1. The van der Waals surface area contributed by atoms with Gasteiger partial charge in [-0.1, -0.05) is 11.6 Å². The summed E-state index contributed by atoms with van der Waals surface area (Å²) in [6.07, 6.45) is 1.04. The first-order valence-electron chi connectivity index (χ1n) is 6.09. The molecule has 6 heteroatoms. The summed E-state index contributed by atoms with van der Waals surface area (Å²) in [6.45, 7) is 3.78. The van der Waals surface area contributed by atoms with Crippen LogP contribution in [-0.2, 0) is 0 Å². The van der Waals surface area contributed by atoms with Gasteiger partial charge in [-0.2, -0.15) is 0 Å². The standard InChI is InChI=1S/C13H18ClN3O.ClH/c1-8(15)9-4-5-17(7-9)12-3-2-10(14)6-11(12)13(16)18;/h2-3,6,8-9H,4-5,7,15H2,1H3,(H2,16,18);1H. The Morgan fingerprint density at radius 1 is 1.53 bits per heavy atom. The monoisotopic (exact) mass is 303 g/mol. The van der Waals surface area contributed by atoms with E-state index in [2.05, 4.69) is 4.90 Å². The second kappa shape index (κ2) is 6.46. The van der Waals surface area contributed by atoms with E-state index in [1.165, 1.54) is 0 Å². The molecule has 1 aromatic rings. The molecular weight excluding hydrogens is 285 g/mol. The molecule has 0 aliphatic carbocycles. The number of hydrogen-bond donors (Lipinski definition) is 2. The van der Waals surface area contributed by atoms with Gasteiger partial charge in [-0.05, 0) is 37.5 Å². The normalized spacial score (nSPS) is 19.9. The van der Waals surface area contributed by atoms with Crippen LogP contribution in [0.25, 0.3) is 0 Å². The van der Waals surface area contributed by atoms with Gasteiger partial charge in [-0.15, -0.1) is 12.4 Å². The predicted octanol–water partition coefficient (Wildman–Crippen LogP) is 2.03. The molecule has 1 aliphatic rings. The lowest BCUT2D eigenvalue weighted by molar-refractivity contribution is 0.100. The molecule has 4 nitrogen and oxygen atoms in total. The molecule has 19 heavy (non-hydrogen) atoms. The van der Waals surface area contributed by atoms with Crippen LogP contribution in [0.2, 0.25) is 5.02 Å². The highest BCUT2D eigenvalue weighted by atomic mass is 35.5. The molecule has 0 bridgehead atoms. The Bertz CT molecular complexity index is 465. The Morgan fingerprint density at radius 3 is 2.74 bits per heavy atom. The highest BCUT2D eigenvalue weighted by molar-refractivity contribution is 6.31. The van der Waals surface area contributed by atoms with Crippen LogP contribution in [0.15, 0.2) is 18.2 Å². The fraction of sp³-hybridized carbons (Fsp3) is 0.462. The van der Waals surface area contributed by atoms with Gasteiger partial charge in [0.05, 0.1) is 5.56 Å². The summed E-state index contributed by atoms with van der Waals surface area (Å²) in [4.78, 5) is 13.6. The third-order valence-electron chi connectivity index (χ3n) is 3.53. The Labute approximate surface area is 124 Å². The summed E-state index contributed by atoms with van der Waals surface area (Å²) >= 11 is 5.90. The van der Waals surface area contributed by atoms with Crippen molar-refractivity contribution in [2.45, 2.75) is 19.4 Å². The molecule has 1 aromatic carbocycles. The van der Waals surface area contributed by atoms with Crippen molar-refractivity contribution in [1.82, 2.24) is 0 Å². The minimum absolute atomic E-state index is 0. The average molecular weight is 304 g/mol. The minimum Gasteiger partial charge on any atom is -0.371 e. The molecule has 0 spiro atoms. The highest BCUT2D eigenvalue weighted by Crippen LogP contribution is 2.29. The van der Waals surface area contributed by atoms with E-state index >= 15 is 0 Å². The molecule has 0 radical (unpaired) electrons. The lowest BCUT2D eigenvalue weighted by atomic mass is 10.0. The maximum atomic E-state index is 11.5. The number of nitrogens with two attached hydrogens (primary N) is 2. The Kier molecular flexibility index (Phi) is 5.47. The van der Waals surface area contributed by atoms with E-state index in [-0.39, 0.29) is 18.4 Å². The van der Waals surface area contributed by atoms with Crippen molar-refractivity contribution in [3.05, 3.63) is 28.8 Å². The molecule has 4 N–H and O–H groups in total.